The molecule has 1 aliphatic rings. The minimum Gasteiger partial charge on any atom is -0.317 e. The van der Waals surface area contributed by atoms with Crippen molar-refractivity contribution in [3.8, 4) is 0 Å². The maximum atomic E-state index is 13.3. The first kappa shape index (κ1) is 12.1. The lowest BCUT2D eigenvalue weighted by molar-refractivity contribution is -0.139. The lowest BCUT2D eigenvalue weighted by Gasteiger charge is -2.20. The molecule has 86 valence electrons. The number of likely N-dealkylation sites (tertiary alicyclic amines) is 1. The molecule has 1 fully saturated rings. The van der Waals surface area contributed by atoms with Crippen LogP contribution in [0.1, 0.15) is 20.3 Å². The maximum Gasteiger partial charge on any atom is 0.276 e. The van der Waals surface area contributed by atoms with E-state index in [0.29, 0.717) is 19.2 Å². The molecule has 0 saturated carbocycles. The van der Waals surface area contributed by atoms with Gasteiger partial charge in [-0.05, 0) is 6.92 Å². The molecule has 0 aromatic carbocycles. The molecule has 2 atom stereocenters. The second-order valence-corrected chi connectivity index (χ2v) is 3.82. The number of carbonyl (C=O) groups is 1. The molecule has 1 rings (SSSR count). The zero-order valence-corrected chi connectivity index (χ0v) is 8.77. The van der Waals surface area contributed by atoms with Crippen LogP contribution in [0.2, 0.25) is 0 Å². The van der Waals surface area contributed by atoms with Crippen LogP contribution in [-0.2, 0) is 4.79 Å². The summed E-state index contributed by atoms with van der Waals surface area (Å²) >= 11 is 0. The molecule has 0 aromatic rings. The van der Waals surface area contributed by atoms with Gasteiger partial charge >= 0.3 is 0 Å². The van der Waals surface area contributed by atoms with Crippen molar-refractivity contribution in [2.45, 2.75) is 32.4 Å². The van der Waals surface area contributed by atoms with Crippen LogP contribution in [0.15, 0.2) is 12.3 Å². The van der Waals surface area contributed by atoms with E-state index in [9.17, 15) is 18.0 Å². The lowest BCUT2D eigenvalue weighted by atomic mass is 9.97. The fraction of sp³-hybridized carbons (Fsp3) is 0.700. The molecule has 0 N–H and O–H groups in total. The molecule has 1 amide bonds. The second-order valence-electron chi connectivity index (χ2n) is 3.82. The predicted octanol–water partition coefficient (Wildman–Crippen LogP) is 2.36. The zero-order chi connectivity index (χ0) is 11.8. The van der Waals surface area contributed by atoms with E-state index in [1.54, 1.807) is 6.92 Å². The largest absolute Gasteiger partial charge is 0.317 e. The maximum absolute atomic E-state index is 13.3. The van der Waals surface area contributed by atoms with Crippen molar-refractivity contribution in [3.63, 3.8) is 0 Å². The number of amides is 1. The summed E-state index contributed by atoms with van der Waals surface area (Å²) in [6, 6.07) is 0. The van der Waals surface area contributed by atoms with Crippen LogP contribution in [0, 0.1) is 5.92 Å². The number of halogens is 3. The Morgan fingerprint density at radius 3 is 2.53 bits per heavy atom. The van der Waals surface area contributed by atoms with Crippen LogP contribution < -0.4 is 0 Å². The summed E-state index contributed by atoms with van der Waals surface area (Å²) < 4.78 is 38.8. The first-order chi connectivity index (χ1) is 6.79. The van der Waals surface area contributed by atoms with Crippen LogP contribution in [0.3, 0.4) is 0 Å². The summed E-state index contributed by atoms with van der Waals surface area (Å²) in [6.07, 6.45) is -2.45. The Bertz CT molecular complexity index is 285. The standard InChI is InChI=1S/C10H14F3NO/c1-4-14-6(2)5-7(9(14)15)8(11)10(3,12)13/h7-8H,2,4-5H2,1,3H3. The Morgan fingerprint density at radius 2 is 2.20 bits per heavy atom. The highest BCUT2D eigenvalue weighted by molar-refractivity contribution is 5.84. The summed E-state index contributed by atoms with van der Waals surface area (Å²) in [5, 5.41) is 0. The SMILES string of the molecule is C=C1CC(C(F)C(C)(F)F)C(=O)N1CC. The molecule has 2 unspecified atom stereocenters. The van der Waals surface area contributed by atoms with E-state index in [1.807, 2.05) is 0 Å². The molecular formula is C10H14F3NO. The van der Waals surface area contributed by atoms with Gasteiger partial charge in [0.05, 0.1) is 5.92 Å². The van der Waals surface area contributed by atoms with Gasteiger partial charge in [0, 0.05) is 25.6 Å². The van der Waals surface area contributed by atoms with Gasteiger partial charge in [0.15, 0.2) is 6.17 Å². The molecular weight excluding hydrogens is 207 g/mol. The monoisotopic (exact) mass is 221 g/mol. The first-order valence-electron chi connectivity index (χ1n) is 4.80. The Balaban J connectivity index is 2.83. The average molecular weight is 221 g/mol. The first-order valence-corrected chi connectivity index (χ1v) is 4.80. The lowest BCUT2D eigenvalue weighted by Crippen LogP contribution is -2.38. The van der Waals surface area contributed by atoms with Gasteiger partial charge in [0.2, 0.25) is 5.91 Å². The van der Waals surface area contributed by atoms with Gasteiger partial charge in [-0.1, -0.05) is 6.58 Å². The quantitative estimate of drug-likeness (QED) is 0.716. The Labute approximate surface area is 86.7 Å². The van der Waals surface area contributed by atoms with E-state index in [1.165, 1.54) is 4.90 Å². The molecule has 5 heteroatoms. The van der Waals surface area contributed by atoms with Gasteiger partial charge in [-0.25, -0.2) is 13.2 Å². The van der Waals surface area contributed by atoms with Gasteiger partial charge in [0.25, 0.3) is 5.92 Å². The molecule has 1 heterocycles. The van der Waals surface area contributed by atoms with E-state index in [0.717, 1.165) is 0 Å². The van der Waals surface area contributed by atoms with Crippen molar-refractivity contribution in [1.82, 2.24) is 4.90 Å². The molecule has 0 aromatic heterocycles. The molecule has 2 nitrogen and oxygen atoms in total. The van der Waals surface area contributed by atoms with Crippen molar-refractivity contribution < 1.29 is 18.0 Å². The van der Waals surface area contributed by atoms with Gasteiger partial charge in [-0.15, -0.1) is 0 Å². The van der Waals surface area contributed by atoms with Crippen LogP contribution in [0.25, 0.3) is 0 Å². The van der Waals surface area contributed by atoms with Crippen LogP contribution in [-0.4, -0.2) is 29.4 Å². The summed E-state index contributed by atoms with van der Waals surface area (Å²) in [5.41, 5.74) is 0.416. The van der Waals surface area contributed by atoms with Crippen LogP contribution >= 0.6 is 0 Å². The fourth-order valence-corrected chi connectivity index (χ4v) is 1.77. The zero-order valence-electron chi connectivity index (χ0n) is 8.77. The molecule has 0 spiro atoms. The van der Waals surface area contributed by atoms with Crippen molar-refractivity contribution in [3.05, 3.63) is 12.3 Å². The number of hydrogen-bond acceptors (Lipinski definition) is 1. The predicted molar refractivity (Wildman–Crippen MR) is 50.2 cm³/mol. The number of hydrogen-bond donors (Lipinski definition) is 0. The summed E-state index contributed by atoms with van der Waals surface area (Å²) in [7, 11) is 0. The molecule has 1 saturated heterocycles. The van der Waals surface area contributed by atoms with E-state index in [-0.39, 0.29) is 6.42 Å². The highest BCUT2D eigenvalue weighted by atomic mass is 19.3. The smallest absolute Gasteiger partial charge is 0.276 e. The van der Waals surface area contributed by atoms with Crippen LogP contribution in [0.5, 0.6) is 0 Å². The third kappa shape index (κ3) is 2.16. The molecule has 15 heavy (non-hydrogen) atoms. The summed E-state index contributed by atoms with van der Waals surface area (Å²) in [5.74, 6) is -5.35. The van der Waals surface area contributed by atoms with Gasteiger partial charge < -0.3 is 4.90 Å². The Hall–Kier alpha value is -1.00. The minimum absolute atomic E-state index is 0.0166. The normalized spacial score (nSPS) is 24.9. The van der Waals surface area contributed by atoms with E-state index < -0.39 is 23.9 Å². The van der Waals surface area contributed by atoms with E-state index >= 15 is 0 Å². The van der Waals surface area contributed by atoms with E-state index in [4.69, 9.17) is 0 Å². The topological polar surface area (TPSA) is 20.3 Å². The molecule has 0 aliphatic carbocycles. The third-order valence-corrected chi connectivity index (χ3v) is 2.57. The Morgan fingerprint density at radius 1 is 1.67 bits per heavy atom. The van der Waals surface area contributed by atoms with Crippen molar-refractivity contribution >= 4 is 5.91 Å². The fourth-order valence-electron chi connectivity index (χ4n) is 1.77. The van der Waals surface area contributed by atoms with E-state index in [2.05, 4.69) is 6.58 Å². The highest BCUT2D eigenvalue weighted by Gasteiger charge is 2.48. The number of rotatable bonds is 3. The number of nitrogens with zero attached hydrogens (tertiary/aromatic N) is 1. The summed E-state index contributed by atoms with van der Waals surface area (Å²) in [4.78, 5) is 12.8. The van der Waals surface area contributed by atoms with Crippen molar-refractivity contribution in [2.24, 2.45) is 5.92 Å². The van der Waals surface area contributed by atoms with Crippen LogP contribution in [0.4, 0.5) is 13.2 Å². The molecule has 0 radical (unpaired) electrons. The Kier molecular flexibility index (Phi) is 3.11. The summed E-state index contributed by atoms with van der Waals surface area (Å²) in [6.45, 7) is 6.09. The number of alkyl halides is 3. The van der Waals surface area contributed by atoms with Gasteiger partial charge in [-0.2, -0.15) is 0 Å². The highest BCUT2D eigenvalue weighted by Crippen LogP contribution is 2.36. The molecule has 0 bridgehead atoms. The minimum atomic E-state index is -3.48. The van der Waals surface area contributed by atoms with Gasteiger partial charge in [-0.3, -0.25) is 4.79 Å². The third-order valence-electron chi connectivity index (χ3n) is 2.57. The van der Waals surface area contributed by atoms with Crippen molar-refractivity contribution in [1.29, 1.82) is 0 Å². The average Bonchev–Trinajstić information content (AvgIpc) is 2.39. The number of carbonyl (C=O) groups excluding carboxylic acids is 1. The number of allylic oxidation sites excluding steroid dienone is 1. The van der Waals surface area contributed by atoms with Crippen molar-refractivity contribution in [2.75, 3.05) is 6.54 Å². The molecule has 1 aliphatic heterocycles. The second kappa shape index (κ2) is 3.87. The van der Waals surface area contributed by atoms with Gasteiger partial charge in [0.1, 0.15) is 0 Å².